The number of amidine groups is 1. The summed E-state index contributed by atoms with van der Waals surface area (Å²) in [5, 5.41) is 8.95. The van der Waals surface area contributed by atoms with Gasteiger partial charge >= 0.3 is 0 Å². The van der Waals surface area contributed by atoms with Crippen LogP contribution in [0.2, 0.25) is 0 Å². The second kappa shape index (κ2) is 6.23. The molecule has 26 heavy (non-hydrogen) atoms. The zero-order valence-corrected chi connectivity index (χ0v) is 14.7. The maximum absolute atomic E-state index is 12.6. The number of nitrogens with two attached hydrogens (primary N) is 1. The average molecular weight is 365 g/mol. The fraction of sp³-hybridized carbons (Fsp3) is 0.111. The molecule has 0 aliphatic carbocycles. The third-order valence-electron chi connectivity index (χ3n) is 3.97. The molecule has 0 bridgehead atoms. The molecular formula is C18H15N5O2S. The van der Waals surface area contributed by atoms with E-state index in [0.717, 1.165) is 11.1 Å². The van der Waals surface area contributed by atoms with Crippen LogP contribution < -0.4 is 16.1 Å². The van der Waals surface area contributed by atoms with Gasteiger partial charge in [-0.1, -0.05) is 18.2 Å². The van der Waals surface area contributed by atoms with Gasteiger partial charge in [0.05, 0.1) is 17.8 Å². The van der Waals surface area contributed by atoms with Crippen LogP contribution in [0.1, 0.15) is 21.8 Å². The van der Waals surface area contributed by atoms with Crippen LogP contribution in [-0.4, -0.2) is 22.6 Å². The normalized spacial score (nSPS) is 14.0. The Bertz CT molecular complexity index is 1060. The maximum atomic E-state index is 12.6. The summed E-state index contributed by atoms with van der Waals surface area (Å²) in [5.74, 6) is -0.289. The largest absolute Gasteiger partial charge is 0.397 e. The summed E-state index contributed by atoms with van der Waals surface area (Å²) in [6.45, 7) is 1.88. The quantitative estimate of drug-likeness (QED) is 0.729. The van der Waals surface area contributed by atoms with Gasteiger partial charge in [-0.2, -0.15) is 10.1 Å². The van der Waals surface area contributed by atoms with Crippen LogP contribution in [-0.2, 0) is 4.79 Å². The van der Waals surface area contributed by atoms with E-state index in [0.29, 0.717) is 26.9 Å². The molecule has 0 atom stereocenters. The highest BCUT2D eigenvalue weighted by atomic mass is 32.1. The lowest BCUT2D eigenvalue weighted by molar-refractivity contribution is -0.116. The number of carbonyl (C=O) groups is 2. The van der Waals surface area contributed by atoms with E-state index in [9.17, 15) is 9.59 Å². The minimum absolute atomic E-state index is 0.0305. The van der Waals surface area contributed by atoms with Crippen LogP contribution in [0.4, 0.5) is 11.4 Å². The summed E-state index contributed by atoms with van der Waals surface area (Å²) in [4.78, 5) is 30.3. The Morgan fingerprint density at radius 3 is 2.77 bits per heavy atom. The minimum Gasteiger partial charge on any atom is -0.397 e. The SMILES string of the molecule is Cc1ccc2c(N)c(C(=O)NC3=NN(c4ccccc4)C(=O)C3)sc2n1. The summed E-state index contributed by atoms with van der Waals surface area (Å²) in [7, 11) is 0. The van der Waals surface area contributed by atoms with Gasteiger partial charge in [0, 0.05) is 11.1 Å². The van der Waals surface area contributed by atoms with E-state index >= 15 is 0 Å². The molecule has 3 aromatic rings. The predicted octanol–water partition coefficient (Wildman–Crippen LogP) is 2.67. The average Bonchev–Trinajstić information content (AvgIpc) is 3.15. The molecule has 0 fully saturated rings. The van der Waals surface area contributed by atoms with Gasteiger partial charge in [-0.25, -0.2) is 4.98 Å². The minimum atomic E-state index is -0.385. The molecule has 4 rings (SSSR count). The third kappa shape index (κ3) is 2.80. The number of fused-ring (bicyclic) bond motifs is 1. The molecule has 3 heterocycles. The first-order chi connectivity index (χ1) is 12.5. The smallest absolute Gasteiger partial charge is 0.268 e. The summed E-state index contributed by atoms with van der Waals surface area (Å²) in [6.07, 6.45) is 0.0305. The van der Waals surface area contributed by atoms with Crippen molar-refractivity contribution in [2.75, 3.05) is 10.7 Å². The number of nitrogens with one attached hydrogen (secondary N) is 1. The highest BCUT2D eigenvalue weighted by Crippen LogP contribution is 2.32. The van der Waals surface area contributed by atoms with E-state index in [1.165, 1.54) is 16.3 Å². The predicted molar refractivity (Wildman–Crippen MR) is 102 cm³/mol. The van der Waals surface area contributed by atoms with Crippen LogP contribution >= 0.6 is 11.3 Å². The Morgan fingerprint density at radius 2 is 2.00 bits per heavy atom. The topological polar surface area (TPSA) is 101 Å². The van der Waals surface area contributed by atoms with Gasteiger partial charge in [-0.05, 0) is 31.2 Å². The summed E-state index contributed by atoms with van der Waals surface area (Å²) < 4.78 is 0. The molecule has 130 valence electrons. The van der Waals surface area contributed by atoms with Gasteiger partial charge in [-0.15, -0.1) is 11.3 Å². The van der Waals surface area contributed by atoms with Gasteiger partial charge in [0.2, 0.25) is 0 Å². The molecule has 2 amide bonds. The molecule has 0 spiro atoms. The number of aryl methyl sites for hydroxylation is 1. The number of rotatable bonds is 2. The number of amides is 2. The first kappa shape index (κ1) is 16.2. The first-order valence-electron chi connectivity index (χ1n) is 7.95. The molecular weight excluding hydrogens is 350 g/mol. The number of hydrogen-bond acceptors (Lipinski definition) is 6. The van der Waals surface area contributed by atoms with E-state index < -0.39 is 0 Å². The summed E-state index contributed by atoms with van der Waals surface area (Å²) in [5.41, 5.74) is 8.00. The Balaban J connectivity index is 1.59. The number of para-hydroxylation sites is 1. The second-order valence-corrected chi connectivity index (χ2v) is 6.87. The van der Waals surface area contributed by atoms with Crippen molar-refractivity contribution in [1.29, 1.82) is 0 Å². The maximum Gasteiger partial charge on any atom is 0.268 e. The monoisotopic (exact) mass is 365 g/mol. The van der Waals surface area contributed by atoms with Gasteiger partial charge < -0.3 is 11.1 Å². The highest BCUT2D eigenvalue weighted by Gasteiger charge is 2.27. The summed E-state index contributed by atoms with van der Waals surface area (Å²) >= 11 is 1.23. The fourth-order valence-electron chi connectivity index (χ4n) is 2.72. The van der Waals surface area contributed by atoms with Crippen molar-refractivity contribution in [3.63, 3.8) is 0 Å². The fourth-order valence-corrected chi connectivity index (χ4v) is 3.75. The van der Waals surface area contributed by atoms with Crippen LogP contribution in [0.5, 0.6) is 0 Å². The zero-order valence-electron chi connectivity index (χ0n) is 13.9. The third-order valence-corrected chi connectivity index (χ3v) is 5.09. The van der Waals surface area contributed by atoms with E-state index in [2.05, 4.69) is 15.4 Å². The summed E-state index contributed by atoms with van der Waals surface area (Å²) in [6, 6.07) is 12.8. The van der Waals surface area contributed by atoms with Crippen molar-refractivity contribution >= 4 is 50.6 Å². The van der Waals surface area contributed by atoms with Crippen molar-refractivity contribution in [2.45, 2.75) is 13.3 Å². The number of hydrazone groups is 1. The van der Waals surface area contributed by atoms with E-state index in [4.69, 9.17) is 5.73 Å². The number of hydrogen-bond donors (Lipinski definition) is 2. The molecule has 0 saturated carbocycles. The second-order valence-electron chi connectivity index (χ2n) is 5.87. The van der Waals surface area contributed by atoms with Crippen LogP contribution in [0.3, 0.4) is 0 Å². The number of nitrogens with zero attached hydrogens (tertiary/aromatic N) is 3. The molecule has 1 aromatic carbocycles. The molecule has 0 unspecified atom stereocenters. The zero-order chi connectivity index (χ0) is 18.3. The van der Waals surface area contributed by atoms with Crippen molar-refractivity contribution < 1.29 is 9.59 Å². The molecule has 3 N–H and O–H groups in total. The van der Waals surface area contributed by atoms with Crippen LogP contribution in [0.25, 0.3) is 10.2 Å². The molecule has 1 aliphatic heterocycles. The van der Waals surface area contributed by atoms with Crippen LogP contribution in [0.15, 0.2) is 47.6 Å². The van der Waals surface area contributed by atoms with Gasteiger partial charge in [0.1, 0.15) is 15.5 Å². The van der Waals surface area contributed by atoms with E-state index in [1.54, 1.807) is 12.1 Å². The number of carbonyl (C=O) groups excluding carboxylic acids is 2. The molecule has 1 aliphatic rings. The number of aromatic nitrogens is 1. The standard InChI is InChI=1S/C18H15N5O2S/c1-10-7-8-12-15(19)16(26-18(12)20-10)17(25)21-13-9-14(24)23(22-13)11-5-3-2-4-6-11/h2-8H,9,19H2,1H3,(H,21,22,25). The van der Waals surface area contributed by atoms with E-state index in [1.807, 2.05) is 37.3 Å². The van der Waals surface area contributed by atoms with Crippen molar-refractivity contribution in [1.82, 2.24) is 10.3 Å². The molecule has 0 saturated heterocycles. The number of pyridine rings is 1. The number of anilines is 2. The van der Waals surface area contributed by atoms with Gasteiger partial charge in [0.15, 0.2) is 0 Å². The Hall–Kier alpha value is -3.26. The molecule has 0 radical (unpaired) electrons. The Morgan fingerprint density at radius 1 is 1.23 bits per heavy atom. The number of benzene rings is 1. The highest BCUT2D eigenvalue weighted by molar-refractivity contribution is 7.21. The molecule has 2 aromatic heterocycles. The van der Waals surface area contributed by atoms with Crippen molar-refractivity contribution in [2.24, 2.45) is 5.10 Å². The van der Waals surface area contributed by atoms with E-state index in [-0.39, 0.29) is 18.2 Å². The lowest BCUT2D eigenvalue weighted by Gasteiger charge is -2.10. The van der Waals surface area contributed by atoms with Crippen molar-refractivity contribution in [3.05, 3.63) is 53.0 Å². The lowest BCUT2D eigenvalue weighted by Crippen LogP contribution is -2.29. The first-order valence-corrected chi connectivity index (χ1v) is 8.77. The van der Waals surface area contributed by atoms with Crippen LogP contribution in [0, 0.1) is 6.92 Å². The lowest BCUT2D eigenvalue weighted by atomic mass is 10.2. The number of thiophene rings is 1. The van der Waals surface area contributed by atoms with Gasteiger partial charge in [0.25, 0.3) is 11.8 Å². The Labute approximate surface area is 153 Å². The van der Waals surface area contributed by atoms with Gasteiger partial charge in [-0.3, -0.25) is 9.59 Å². The Kier molecular flexibility index (Phi) is 3.89. The molecule has 8 heteroatoms. The molecule has 7 nitrogen and oxygen atoms in total. The number of nitrogen functional groups attached to an aromatic ring is 1. The van der Waals surface area contributed by atoms with Crippen molar-refractivity contribution in [3.8, 4) is 0 Å².